The molecule has 0 spiro atoms. The molecule has 1 saturated heterocycles. The van der Waals surface area contributed by atoms with Crippen LogP contribution in [0.3, 0.4) is 0 Å². The fourth-order valence-corrected chi connectivity index (χ4v) is 5.34. The first-order valence-corrected chi connectivity index (χ1v) is 10.9. The number of carbonyl (C=O) groups excluding carboxylic acids is 4. The van der Waals surface area contributed by atoms with Crippen LogP contribution in [0.2, 0.25) is 0 Å². The Hall–Kier alpha value is -4.14. The smallest absolute Gasteiger partial charge is 0.338 e. The number of nitrogens with zero attached hydrogens (tertiary/aromatic N) is 2. The van der Waals surface area contributed by atoms with Gasteiger partial charge in [0.2, 0.25) is 11.8 Å². The molecule has 9 heteroatoms. The normalized spacial score (nSPS) is 24.7. The van der Waals surface area contributed by atoms with Crippen molar-refractivity contribution < 1.29 is 28.8 Å². The number of ether oxygens (including phenoxy) is 1. The average Bonchev–Trinajstić information content (AvgIpc) is 3.47. The Morgan fingerprint density at radius 2 is 1.62 bits per heavy atom. The molecule has 5 rings (SSSR count). The van der Waals surface area contributed by atoms with Crippen molar-refractivity contribution in [3.8, 4) is 0 Å². The maximum Gasteiger partial charge on any atom is 0.338 e. The summed E-state index contributed by atoms with van der Waals surface area (Å²) in [6.45, 7) is 1.48. The summed E-state index contributed by atoms with van der Waals surface area (Å²) in [7, 11) is 0. The molecule has 4 atom stereocenters. The molecule has 2 aromatic carbocycles. The Kier molecular flexibility index (Phi) is 5.11. The minimum absolute atomic E-state index is 0.110. The van der Waals surface area contributed by atoms with E-state index in [1.165, 1.54) is 59.0 Å². The van der Waals surface area contributed by atoms with Crippen LogP contribution in [0, 0.1) is 33.8 Å². The van der Waals surface area contributed by atoms with Crippen LogP contribution in [-0.4, -0.2) is 35.1 Å². The zero-order chi connectivity index (χ0) is 24.1. The predicted molar refractivity (Wildman–Crippen MR) is 119 cm³/mol. The number of nitro groups is 1. The topological polar surface area (TPSA) is 124 Å². The van der Waals surface area contributed by atoms with E-state index in [2.05, 4.69) is 6.08 Å². The molecule has 3 aliphatic rings. The van der Waals surface area contributed by atoms with Gasteiger partial charge in [-0.2, -0.15) is 0 Å². The molecule has 2 fully saturated rings. The fourth-order valence-electron chi connectivity index (χ4n) is 5.34. The number of nitro benzene ring substituents is 1. The molecule has 2 amide bonds. The number of rotatable bonds is 6. The number of fused-ring (bicyclic) bond motifs is 5. The molecular formula is C25H20N2O7. The summed E-state index contributed by atoms with van der Waals surface area (Å²) in [5.74, 6) is -2.02. The lowest BCUT2D eigenvalue weighted by molar-refractivity contribution is -0.384. The molecule has 172 valence electrons. The van der Waals surface area contributed by atoms with Crippen LogP contribution >= 0.6 is 0 Å². The van der Waals surface area contributed by atoms with Crippen LogP contribution in [0.1, 0.15) is 34.1 Å². The highest BCUT2D eigenvalue weighted by Gasteiger charge is 2.60. The molecule has 0 radical (unpaired) electrons. The highest BCUT2D eigenvalue weighted by molar-refractivity contribution is 6.23. The summed E-state index contributed by atoms with van der Waals surface area (Å²) in [6, 6.07) is 10.9. The van der Waals surface area contributed by atoms with Gasteiger partial charge in [-0.1, -0.05) is 11.6 Å². The fraction of sp³-hybridized carbons (Fsp3) is 0.280. The second kappa shape index (κ2) is 8.02. The van der Waals surface area contributed by atoms with Crippen molar-refractivity contribution in [3.63, 3.8) is 0 Å². The van der Waals surface area contributed by atoms with E-state index in [1.54, 1.807) is 0 Å². The summed E-state index contributed by atoms with van der Waals surface area (Å²) in [4.78, 5) is 61.9. The van der Waals surface area contributed by atoms with Crippen LogP contribution in [0.4, 0.5) is 11.4 Å². The molecule has 1 heterocycles. The van der Waals surface area contributed by atoms with Gasteiger partial charge in [0.25, 0.3) is 5.69 Å². The molecule has 0 aromatic heterocycles. The Morgan fingerprint density at radius 1 is 1.00 bits per heavy atom. The van der Waals surface area contributed by atoms with Crippen molar-refractivity contribution in [1.29, 1.82) is 0 Å². The second-order valence-electron chi connectivity index (χ2n) is 8.83. The number of esters is 1. The Balaban J connectivity index is 1.23. The summed E-state index contributed by atoms with van der Waals surface area (Å²) in [5, 5.41) is 10.7. The van der Waals surface area contributed by atoms with Gasteiger partial charge in [0, 0.05) is 17.7 Å². The number of benzene rings is 2. The number of hydrogen-bond acceptors (Lipinski definition) is 7. The number of amides is 2. The summed E-state index contributed by atoms with van der Waals surface area (Å²) in [6.07, 6.45) is 2.97. The van der Waals surface area contributed by atoms with E-state index in [4.69, 9.17) is 4.74 Å². The van der Waals surface area contributed by atoms with Gasteiger partial charge < -0.3 is 4.74 Å². The van der Waals surface area contributed by atoms with Crippen LogP contribution in [0.5, 0.6) is 0 Å². The molecule has 0 unspecified atom stereocenters. The van der Waals surface area contributed by atoms with Crippen LogP contribution in [-0.2, 0) is 14.3 Å². The van der Waals surface area contributed by atoms with Gasteiger partial charge in [-0.05, 0) is 61.6 Å². The van der Waals surface area contributed by atoms with Gasteiger partial charge in [0.05, 0.1) is 28.0 Å². The third-order valence-electron chi connectivity index (χ3n) is 6.98. The number of allylic oxidation sites excluding steroid dienone is 2. The third kappa shape index (κ3) is 3.40. The van der Waals surface area contributed by atoms with E-state index in [1.807, 2.05) is 6.92 Å². The molecule has 2 aliphatic carbocycles. The highest BCUT2D eigenvalue weighted by atomic mass is 16.6. The molecule has 2 aromatic rings. The zero-order valence-corrected chi connectivity index (χ0v) is 18.2. The zero-order valence-electron chi connectivity index (χ0n) is 18.2. The van der Waals surface area contributed by atoms with E-state index in [0.29, 0.717) is 5.69 Å². The minimum Gasteiger partial charge on any atom is -0.454 e. The molecule has 2 bridgehead atoms. The first kappa shape index (κ1) is 21.7. The summed E-state index contributed by atoms with van der Waals surface area (Å²) >= 11 is 0. The first-order chi connectivity index (χ1) is 16.3. The van der Waals surface area contributed by atoms with Crippen LogP contribution in [0.15, 0.2) is 60.2 Å². The second-order valence-corrected chi connectivity index (χ2v) is 8.83. The Labute approximate surface area is 194 Å². The van der Waals surface area contributed by atoms with Crippen LogP contribution < -0.4 is 4.90 Å². The Morgan fingerprint density at radius 3 is 2.26 bits per heavy atom. The van der Waals surface area contributed by atoms with Crippen molar-refractivity contribution in [2.45, 2.75) is 13.3 Å². The van der Waals surface area contributed by atoms with Gasteiger partial charge in [-0.15, -0.1) is 0 Å². The third-order valence-corrected chi connectivity index (χ3v) is 6.98. The van der Waals surface area contributed by atoms with E-state index >= 15 is 0 Å². The van der Waals surface area contributed by atoms with Crippen molar-refractivity contribution >= 4 is 34.9 Å². The average molecular weight is 460 g/mol. The number of imide groups is 1. The number of ketones is 1. The monoisotopic (exact) mass is 460 g/mol. The lowest BCUT2D eigenvalue weighted by Gasteiger charge is -2.19. The van der Waals surface area contributed by atoms with E-state index in [9.17, 15) is 29.3 Å². The lowest BCUT2D eigenvalue weighted by Crippen LogP contribution is -2.32. The number of anilines is 1. The molecule has 9 nitrogen and oxygen atoms in total. The lowest BCUT2D eigenvalue weighted by atomic mass is 9.82. The number of non-ortho nitro benzene ring substituents is 1. The van der Waals surface area contributed by atoms with Crippen molar-refractivity contribution in [3.05, 3.63) is 81.4 Å². The standard InChI is InChI=1S/C25H20N2O7/c1-13-10-16-11-19(13)22-21(16)23(29)26(24(22)30)17-6-4-15(5-7-17)25(31)34-12-20(28)14-2-8-18(9-3-14)27(32)33/h2-10,16,19,21-22H,11-12H2,1H3/t16-,19+,21+,22+/m0/s1. The van der Waals surface area contributed by atoms with Crippen molar-refractivity contribution in [2.24, 2.45) is 23.7 Å². The van der Waals surface area contributed by atoms with E-state index < -0.39 is 23.3 Å². The van der Waals surface area contributed by atoms with E-state index in [0.717, 1.165) is 6.42 Å². The van der Waals surface area contributed by atoms with Crippen LogP contribution in [0.25, 0.3) is 0 Å². The maximum absolute atomic E-state index is 13.0. The van der Waals surface area contributed by atoms with Gasteiger partial charge >= 0.3 is 5.97 Å². The molecule has 34 heavy (non-hydrogen) atoms. The molecular weight excluding hydrogens is 440 g/mol. The quantitative estimate of drug-likeness (QED) is 0.162. The number of Topliss-reactive ketones (excluding diaryl/α,β-unsaturated/α-hetero) is 1. The summed E-state index contributed by atoms with van der Waals surface area (Å²) in [5.41, 5.74) is 1.78. The van der Waals surface area contributed by atoms with Gasteiger partial charge in [0.1, 0.15) is 0 Å². The minimum atomic E-state index is -0.740. The number of carbonyl (C=O) groups is 4. The summed E-state index contributed by atoms with van der Waals surface area (Å²) < 4.78 is 5.06. The maximum atomic E-state index is 13.0. The number of hydrogen-bond donors (Lipinski definition) is 0. The van der Waals surface area contributed by atoms with Gasteiger partial charge in [0.15, 0.2) is 12.4 Å². The SMILES string of the molecule is CC1=C[C@H]2C[C@H]1[C@H]1C(=O)N(c3ccc(C(=O)OCC(=O)c4ccc([N+](=O)[O-])cc4)cc3)C(=O)[C@@H]12. The molecule has 1 saturated carbocycles. The highest BCUT2D eigenvalue weighted by Crippen LogP contribution is 2.55. The largest absolute Gasteiger partial charge is 0.454 e. The first-order valence-electron chi connectivity index (χ1n) is 10.9. The van der Waals surface area contributed by atoms with Crippen molar-refractivity contribution in [1.82, 2.24) is 0 Å². The van der Waals surface area contributed by atoms with Crippen molar-refractivity contribution in [2.75, 3.05) is 11.5 Å². The predicted octanol–water partition coefficient (Wildman–Crippen LogP) is 3.34. The Bertz CT molecular complexity index is 1260. The van der Waals surface area contributed by atoms with Gasteiger partial charge in [-0.3, -0.25) is 29.4 Å². The molecule has 1 aliphatic heterocycles. The van der Waals surface area contributed by atoms with E-state index in [-0.39, 0.29) is 52.3 Å². The van der Waals surface area contributed by atoms with Gasteiger partial charge in [-0.25, -0.2) is 4.79 Å². The molecule has 0 N–H and O–H groups in total.